The molecule has 0 aliphatic heterocycles. The van der Waals surface area contributed by atoms with E-state index < -0.39 is 5.97 Å². The molecule has 0 saturated carbocycles. The maximum absolute atomic E-state index is 12.0. The van der Waals surface area contributed by atoms with Gasteiger partial charge < -0.3 is 25.2 Å². The Balaban J connectivity index is 4.38. The summed E-state index contributed by atoms with van der Waals surface area (Å²) >= 11 is 0. The number of aliphatic hydroxyl groups is 1. The van der Waals surface area contributed by atoms with E-state index in [4.69, 9.17) is 14.9 Å². The lowest BCUT2D eigenvalue weighted by Crippen LogP contribution is -2.44. The quantitative estimate of drug-likeness (QED) is 0.524. The summed E-state index contributed by atoms with van der Waals surface area (Å²) in [5.74, 6) is -0.584. The molecule has 0 bridgehead atoms. The summed E-state index contributed by atoms with van der Waals surface area (Å²) in [6, 6.07) is -0.305. The topological polar surface area (TPSA) is 99.1 Å². The van der Waals surface area contributed by atoms with Crippen LogP contribution in [0.3, 0.4) is 0 Å². The van der Waals surface area contributed by atoms with E-state index in [1.54, 1.807) is 7.11 Å². The van der Waals surface area contributed by atoms with Crippen LogP contribution < -0.4 is 5.32 Å². The van der Waals surface area contributed by atoms with Crippen molar-refractivity contribution in [3.63, 3.8) is 0 Å². The molecule has 0 fully saturated rings. The first kappa shape index (κ1) is 19.7. The van der Waals surface area contributed by atoms with E-state index in [0.29, 0.717) is 25.6 Å². The molecule has 7 heteroatoms. The predicted octanol–water partition coefficient (Wildman–Crippen LogP) is 0.774. The number of aliphatic carboxylic acids is 1. The summed E-state index contributed by atoms with van der Waals surface area (Å²) < 4.78 is 4.92. The zero-order chi connectivity index (χ0) is 16.3. The van der Waals surface area contributed by atoms with Gasteiger partial charge in [0.05, 0.1) is 13.2 Å². The van der Waals surface area contributed by atoms with Gasteiger partial charge in [-0.05, 0) is 18.3 Å². The van der Waals surface area contributed by atoms with E-state index in [9.17, 15) is 9.59 Å². The lowest BCUT2D eigenvalue weighted by Gasteiger charge is -2.24. The Morgan fingerprint density at radius 2 is 1.95 bits per heavy atom. The van der Waals surface area contributed by atoms with Crippen LogP contribution in [0.1, 0.15) is 26.7 Å². The zero-order valence-electron chi connectivity index (χ0n) is 13.2. The van der Waals surface area contributed by atoms with Crippen LogP contribution in [0.4, 0.5) is 4.79 Å². The normalized spacial score (nSPS) is 12.2. The van der Waals surface area contributed by atoms with Crippen molar-refractivity contribution >= 4 is 12.0 Å². The fourth-order valence-electron chi connectivity index (χ4n) is 2.13. The van der Waals surface area contributed by atoms with Crippen LogP contribution in [0, 0.1) is 11.8 Å². The smallest absolute Gasteiger partial charge is 0.317 e. The fourth-order valence-corrected chi connectivity index (χ4v) is 2.13. The second-order valence-corrected chi connectivity index (χ2v) is 5.48. The second kappa shape index (κ2) is 11.3. The summed E-state index contributed by atoms with van der Waals surface area (Å²) in [5, 5.41) is 20.6. The number of nitrogens with zero attached hydrogens (tertiary/aromatic N) is 1. The Hall–Kier alpha value is -1.34. The number of hydrogen-bond acceptors (Lipinski definition) is 4. The number of carboxylic acids is 1. The number of ether oxygens (including phenoxy) is 1. The molecule has 1 atom stereocenters. The van der Waals surface area contributed by atoms with Crippen molar-refractivity contribution in [2.45, 2.75) is 26.7 Å². The molecule has 0 heterocycles. The first-order chi connectivity index (χ1) is 9.90. The number of aliphatic hydroxyl groups excluding tert-OH is 1. The van der Waals surface area contributed by atoms with Gasteiger partial charge in [-0.3, -0.25) is 4.79 Å². The molecular formula is C14H28N2O5. The Bertz CT molecular complexity index is 310. The molecule has 0 radical (unpaired) electrons. The van der Waals surface area contributed by atoms with E-state index >= 15 is 0 Å². The number of methoxy groups -OCH3 is 1. The van der Waals surface area contributed by atoms with Gasteiger partial charge in [0.15, 0.2) is 0 Å². The largest absolute Gasteiger partial charge is 0.481 e. The van der Waals surface area contributed by atoms with Crippen molar-refractivity contribution in [2.75, 3.05) is 40.0 Å². The van der Waals surface area contributed by atoms with Crippen molar-refractivity contribution in [3.05, 3.63) is 0 Å². The van der Waals surface area contributed by atoms with E-state index in [1.807, 2.05) is 13.8 Å². The van der Waals surface area contributed by atoms with Crippen molar-refractivity contribution in [1.29, 1.82) is 0 Å². The molecule has 0 rings (SSSR count). The van der Waals surface area contributed by atoms with Gasteiger partial charge in [-0.15, -0.1) is 0 Å². The average Bonchev–Trinajstić information content (AvgIpc) is 2.39. The summed E-state index contributed by atoms with van der Waals surface area (Å²) in [4.78, 5) is 24.3. The second-order valence-electron chi connectivity index (χ2n) is 5.48. The van der Waals surface area contributed by atoms with Gasteiger partial charge in [-0.25, -0.2) is 4.79 Å². The molecule has 0 aromatic carbocycles. The number of hydrogen-bond donors (Lipinski definition) is 3. The highest BCUT2D eigenvalue weighted by atomic mass is 16.5. The molecule has 21 heavy (non-hydrogen) atoms. The Labute approximate surface area is 126 Å². The molecule has 0 aliphatic rings. The summed E-state index contributed by atoms with van der Waals surface area (Å²) in [5.41, 5.74) is 0. The first-order valence-corrected chi connectivity index (χ1v) is 7.25. The number of carbonyl (C=O) groups is 2. The van der Waals surface area contributed by atoms with Gasteiger partial charge >= 0.3 is 12.0 Å². The number of nitrogens with one attached hydrogen (secondary N) is 1. The minimum absolute atomic E-state index is 0.0382. The van der Waals surface area contributed by atoms with Crippen molar-refractivity contribution in [1.82, 2.24) is 10.2 Å². The van der Waals surface area contributed by atoms with Gasteiger partial charge in [0, 0.05) is 33.2 Å². The Morgan fingerprint density at radius 3 is 2.43 bits per heavy atom. The van der Waals surface area contributed by atoms with E-state index in [1.165, 1.54) is 4.90 Å². The Kier molecular flexibility index (Phi) is 10.6. The lowest BCUT2D eigenvalue weighted by atomic mass is 9.94. The van der Waals surface area contributed by atoms with Gasteiger partial charge in [-0.1, -0.05) is 13.8 Å². The standard InChI is InChI=1S/C14H28N2O5/c1-11(2)8-12(9-13(18)19)10-15-14(20)16(4-6-17)5-7-21-3/h11-12,17H,4-10H2,1-3H3,(H,15,20)(H,18,19)/t12-/m0/s1. The third-order valence-corrected chi connectivity index (χ3v) is 3.03. The molecule has 0 unspecified atom stereocenters. The number of carbonyl (C=O) groups excluding carboxylic acids is 1. The minimum atomic E-state index is -0.860. The molecule has 124 valence electrons. The van der Waals surface area contributed by atoms with Crippen molar-refractivity contribution < 1.29 is 24.5 Å². The SMILES string of the molecule is COCCN(CCO)C(=O)NC[C@H](CC(=O)O)CC(C)C. The molecule has 7 nitrogen and oxygen atoms in total. The summed E-state index contributed by atoms with van der Waals surface area (Å²) in [6.45, 7) is 5.23. The van der Waals surface area contributed by atoms with Gasteiger partial charge in [0.2, 0.25) is 0 Å². The predicted molar refractivity (Wildman–Crippen MR) is 79.1 cm³/mol. The van der Waals surface area contributed by atoms with Crippen LogP contribution in [-0.2, 0) is 9.53 Å². The molecule has 0 aliphatic carbocycles. The summed E-state index contributed by atoms with van der Waals surface area (Å²) in [7, 11) is 1.54. The monoisotopic (exact) mass is 304 g/mol. The van der Waals surface area contributed by atoms with E-state index in [2.05, 4.69) is 5.32 Å². The minimum Gasteiger partial charge on any atom is -0.481 e. The van der Waals surface area contributed by atoms with E-state index in [0.717, 1.165) is 6.42 Å². The number of rotatable bonds is 11. The molecular weight excluding hydrogens is 276 g/mol. The van der Waals surface area contributed by atoms with Gasteiger partial charge in [0.25, 0.3) is 0 Å². The summed E-state index contributed by atoms with van der Waals surface area (Å²) in [6.07, 6.45) is 0.779. The average molecular weight is 304 g/mol. The third kappa shape index (κ3) is 10.1. The van der Waals surface area contributed by atoms with Crippen molar-refractivity contribution in [3.8, 4) is 0 Å². The number of amides is 2. The molecule has 2 amide bonds. The molecule has 0 aromatic rings. The van der Waals surface area contributed by atoms with Crippen LogP contribution >= 0.6 is 0 Å². The van der Waals surface area contributed by atoms with Gasteiger partial charge in [0.1, 0.15) is 0 Å². The van der Waals surface area contributed by atoms with Gasteiger partial charge in [-0.2, -0.15) is 0 Å². The number of carboxylic acid groups (broad SMARTS) is 1. The third-order valence-electron chi connectivity index (χ3n) is 3.03. The molecule has 0 spiro atoms. The van der Waals surface area contributed by atoms with Crippen LogP contribution in [0.25, 0.3) is 0 Å². The van der Waals surface area contributed by atoms with Crippen LogP contribution in [0.15, 0.2) is 0 Å². The van der Waals surface area contributed by atoms with Crippen molar-refractivity contribution in [2.24, 2.45) is 11.8 Å². The fraction of sp³-hybridized carbons (Fsp3) is 0.857. The Morgan fingerprint density at radius 1 is 1.29 bits per heavy atom. The molecule has 0 aromatic heterocycles. The first-order valence-electron chi connectivity index (χ1n) is 7.25. The van der Waals surface area contributed by atoms with E-state index in [-0.39, 0.29) is 31.5 Å². The van der Waals surface area contributed by atoms with Crippen LogP contribution in [0.5, 0.6) is 0 Å². The lowest BCUT2D eigenvalue weighted by molar-refractivity contribution is -0.138. The number of urea groups is 1. The maximum Gasteiger partial charge on any atom is 0.317 e. The molecule has 3 N–H and O–H groups in total. The van der Waals surface area contributed by atoms with Crippen LogP contribution in [0.2, 0.25) is 0 Å². The highest BCUT2D eigenvalue weighted by Crippen LogP contribution is 2.14. The highest BCUT2D eigenvalue weighted by Gasteiger charge is 2.18. The highest BCUT2D eigenvalue weighted by molar-refractivity contribution is 5.74. The maximum atomic E-state index is 12.0. The van der Waals surface area contributed by atoms with Crippen LogP contribution in [-0.4, -0.2) is 67.1 Å². The zero-order valence-corrected chi connectivity index (χ0v) is 13.2. The molecule has 0 saturated heterocycles.